The van der Waals surface area contributed by atoms with E-state index in [0.717, 1.165) is 31.4 Å². The minimum atomic E-state index is -0.0627. The third-order valence-electron chi connectivity index (χ3n) is 2.15. The van der Waals surface area contributed by atoms with Crippen molar-refractivity contribution >= 4 is 17.7 Å². The normalized spacial score (nSPS) is 11.6. The molecule has 3 heteroatoms. The van der Waals surface area contributed by atoms with E-state index in [9.17, 15) is 4.79 Å². The van der Waals surface area contributed by atoms with E-state index in [4.69, 9.17) is 4.74 Å². The average Bonchev–Trinajstić information content (AvgIpc) is 2.27. The van der Waals surface area contributed by atoms with Crippen LogP contribution in [0.4, 0.5) is 0 Å². The van der Waals surface area contributed by atoms with Crippen molar-refractivity contribution in [2.45, 2.75) is 52.9 Å². The first-order chi connectivity index (χ1) is 7.74. The van der Waals surface area contributed by atoms with E-state index in [0.29, 0.717) is 13.0 Å². The van der Waals surface area contributed by atoms with Gasteiger partial charge in [0.1, 0.15) is 0 Å². The Bertz CT molecular complexity index is 212. The van der Waals surface area contributed by atoms with Crippen LogP contribution in [0.5, 0.6) is 0 Å². The summed E-state index contributed by atoms with van der Waals surface area (Å²) >= 11 is 1.92. The molecule has 0 aliphatic carbocycles. The molecule has 0 heterocycles. The van der Waals surface area contributed by atoms with E-state index in [2.05, 4.69) is 19.9 Å². The highest BCUT2D eigenvalue weighted by molar-refractivity contribution is 8.03. The first-order valence-corrected chi connectivity index (χ1v) is 7.20. The number of unbranched alkanes of at least 4 members (excludes halogenated alkanes) is 1. The van der Waals surface area contributed by atoms with Crippen molar-refractivity contribution in [1.29, 1.82) is 0 Å². The number of carbonyl (C=O) groups excluding carboxylic acids is 1. The smallest absolute Gasteiger partial charge is 0.305 e. The van der Waals surface area contributed by atoms with Crippen LogP contribution in [0.1, 0.15) is 52.9 Å². The van der Waals surface area contributed by atoms with Crippen molar-refractivity contribution in [1.82, 2.24) is 0 Å². The molecule has 0 radical (unpaired) electrons. The topological polar surface area (TPSA) is 26.3 Å². The zero-order chi connectivity index (χ0) is 12.2. The van der Waals surface area contributed by atoms with Gasteiger partial charge in [-0.1, -0.05) is 19.9 Å². The van der Waals surface area contributed by atoms with Gasteiger partial charge in [-0.25, -0.2) is 0 Å². The zero-order valence-corrected chi connectivity index (χ0v) is 11.6. The number of hydrogen-bond acceptors (Lipinski definition) is 3. The quantitative estimate of drug-likeness (QED) is 0.450. The second kappa shape index (κ2) is 11.1. The molecular formula is C13H24O2S. The predicted molar refractivity (Wildman–Crippen MR) is 71.6 cm³/mol. The van der Waals surface area contributed by atoms with Crippen LogP contribution in [0.25, 0.3) is 0 Å². The van der Waals surface area contributed by atoms with E-state index < -0.39 is 0 Å². The van der Waals surface area contributed by atoms with Gasteiger partial charge in [-0.15, -0.1) is 11.8 Å². The lowest BCUT2D eigenvalue weighted by Crippen LogP contribution is -2.03. The second-order valence-electron chi connectivity index (χ2n) is 3.54. The highest BCUT2D eigenvalue weighted by atomic mass is 32.2. The Morgan fingerprint density at radius 1 is 1.25 bits per heavy atom. The van der Waals surface area contributed by atoms with Crippen LogP contribution in [-0.4, -0.2) is 18.3 Å². The Hall–Kier alpha value is -0.440. The molecular weight excluding hydrogens is 220 g/mol. The van der Waals surface area contributed by atoms with Gasteiger partial charge >= 0.3 is 5.97 Å². The monoisotopic (exact) mass is 244 g/mol. The molecule has 0 aromatic rings. The summed E-state index contributed by atoms with van der Waals surface area (Å²) < 4.78 is 4.87. The van der Waals surface area contributed by atoms with Gasteiger partial charge in [-0.2, -0.15) is 0 Å². The van der Waals surface area contributed by atoms with E-state index in [1.807, 2.05) is 18.7 Å². The van der Waals surface area contributed by atoms with Gasteiger partial charge in [-0.3, -0.25) is 4.79 Å². The Kier molecular flexibility index (Phi) is 10.8. The van der Waals surface area contributed by atoms with Crippen molar-refractivity contribution < 1.29 is 9.53 Å². The van der Waals surface area contributed by atoms with Gasteiger partial charge in [0.25, 0.3) is 0 Å². The molecule has 0 aromatic heterocycles. The van der Waals surface area contributed by atoms with Crippen molar-refractivity contribution in [2.24, 2.45) is 0 Å². The molecule has 0 saturated carbocycles. The lowest BCUT2D eigenvalue weighted by molar-refractivity contribution is -0.143. The van der Waals surface area contributed by atoms with Gasteiger partial charge in [0.15, 0.2) is 0 Å². The Morgan fingerprint density at radius 2 is 2.00 bits per heavy atom. The number of esters is 1. The Morgan fingerprint density at radius 3 is 2.56 bits per heavy atom. The molecule has 0 bridgehead atoms. The predicted octanol–water partition coefficient (Wildman–Crippen LogP) is 4.16. The molecule has 0 rings (SSSR count). The first-order valence-electron chi connectivity index (χ1n) is 6.22. The van der Waals surface area contributed by atoms with Crippen LogP contribution >= 0.6 is 11.8 Å². The van der Waals surface area contributed by atoms with Gasteiger partial charge in [0, 0.05) is 6.42 Å². The molecule has 0 spiro atoms. The summed E-state index contributed by atoms with van der Waals surface area (Å²) in [5, 5.41) is 0. The molecule has 0 aromatic carbocycles. The van der Waals surface area contributed by atoms with Crippen molar-refractivity contribution in [3.63, 3.8) is 0 Å². The van der Waals surface area contributed by atoms with Crippen LogP contribution in [0, 0.1) is 0 Å². The molecule has 0 aliphatic heterocycles. The van der Waals surface area contributed by atoms with Crippen molar-refractivity contribution in [3.8, 4) is 0 Å². The van der Waals surface area contributed by atoms with Gasteiger partial charge < -0.3 is 4.74 Å². The lowest BCUT2D eigenvalue weighted by Gasteiger charge is -2.04. The summed E-state index contributed by atoms with van der Waals surface area (Å²) in [5.41, 5.74) is 0. The van der Waals surface area contributed by atoms with E-state index in [1.165, 1.54) is 4.91 Å². The second-order valence-corrected chi connectivity index (χ2v) is 4.76. The number of ether oxygens (including phenoxy) is 1. The van der Waals surface area contributed by atoms with Gasteiger partial charge in [0.2, 0.25) is 0 Å². The van der Waals surface area contributed by atoms with Crippen molar-refractivity contribution in [2.75, 3.05) is 12.4 Å². The summed E-state index contributed by atoms with van der Waals surface area (Å²) in [5.74, 6) is 1.05. The molecule has 0 atom stereocenters. The number of rotatable bonds is 9. The molecule has 94 valence electrons. The first kappa shape index (κ1) is 15.6. The standard InChI is InChI=1S/C13H24O2S/c1-4-9-12(5-2)16-11-8-7-10-13(14)15-6-3/h9H,4-8,10-11H2,1-3H3. The maximum absolute atomic E-state index is 11.1. The minimum absolute atomic E-state index is 0.0627. The fraction of sp³-hybridized carbons (Fsp3) is 0.769. The van der Waals surface area contributed by atoms with Crippen LogP contribution in [-0.2, 0) is 9.53 Å². The zero-order valence-electron chi connectivity index (χ0n) is 10.8. The van der Waals surface area contributed by atoms with E-state index in [1.54, 1.807) is 0 Å². The molecule has 0 N–H and O–H groups in total. The van der Waals surface area contributed by atoms with Crippen LogP contribution in [0.3, 0.4) is 0 Å². The van der Waals surface area contributed by atoms with Crippen LogP contribution in [0.2, 0.25) is 0 Å². The lowest BCUT2D eigenvalue weighted by atomic mass is 10.2. The summed E-state index contributed by atoms with van der Waals surface area (Å²) in [6.45, 7) is 6.69. The molecule has 2 nitrogen and oxygen atoms in total. The number of thioether (sulfide) groups is 1. The van der Waals surface area contributed by atoms with Gasteiger partial charge in [-0.05, 0) is 43.3 Å². The maximum atomic E-state index is 11.1. The number of carbonyl (C=O) groups is 1. The number of allylic oxidation sites excluding steroid dienone is 2. The van der Waals surface area contributed by atoms with E-state index in [-0.39, 0.29) is 5.97 Å². The molecule has 0 fully saturated rings. The molecule has 0 saturated heterocycles. The maximum Gasteiger partial charge on any atom is 0.305 e. The minimum Gasteiger partial charge on any atom is -0.466 e. The SMILES string of the molecule is CCC=C(CC)SCCCCC(=O)OCC. The molecule has 16 heavy (non-hydrogen) atoms. The number of hydrogen-bond donors (Lipinski definition) is 0. The van der Waals surface area contributed by atoms with E-state index >= 15 is 0 Å². The third kappa shape index (κ3) is 8.84. The molecule has 0 amide bonds. The highest BCUT2D eigenvalue weighted by Gasteiger charge is 2.01. The Labute approximate surface area is 104 Å². The third-order valence-corrected chi connectivity index (χ3v) is 3.47. The average molecular weight is 244 g/mol. The highest BCUT2D eigenvalue weighted by Crippen LogP contribution is 2.21. The fourth-order valence-electron chi connectivity index (χ4n) is 1.34. The van der Waals surface area contributed by atoms with Gasteiger partial charge in [0.05, 0.1) is 6.61 Å². The summed E-state index contributed by atoms with van der Waals surface area (Å²) in [6, 6.07) is 0. The molecule has 0 unspecified atom stereocenters. The fourth-order valence-corrected chi connectivity index (χ4v) is 2.44. The Balaban J connectivity index is 3.45. The van der Waals surface area contributed by atoms with Crippen LogP contribution < -0.4 is 0 Å². The summed E-state index contributed by atoms with van der Waals surface area (Å²) in [7, 11) is 0. The molecule has 0 aliphatic rings. The van der Waals surface area contributed by atoms with Crippen LogP contribution in [0.15, 0.2) is 11.0 Å². The largest absolute Gasteiger partial charge is 0.466 e. The summed E-state index contributed by atoms with van der Waals surface area (Å²) in [4.78, 5) is 12.5. The van der Waals surface area contributed by atoms with Crippen molar-refractivity contribution in [3.05, 3.63) is 11.0 Å². The summed E-state index contributed by atoms with van der Waals surface area (Å²) in [6.07, 6.45) is 7.11.